The summed E-state index contributed by atoms with van der Waals surface area (Å²) >= 11 is 6.19. The summed E-state index contributed by atoms with van der Waals surface area (Å²) in [5.74, 6) is -0.138. The van der Waals surface area contributed by atoms with Crippen molar-refractivity contribution in [2.75, 3.05) is 5.32 Å². The van der Waals surface area contributed by atoms with Crippen LogP contribution in [-0.4, -0.2) is 14.9 Å². The van der Waals surface area contributed by atoms with Gasteiger partial charge >= 0.3 is 0 Å². The maximum Gasteiger partial charge on any atom is 0.273 e. The maximum absolute atomic E-state index is 13.9. The summed E-state index contributed by atoms with van der Waals surface area (Å²) in [6.07, 6.45) is 5.27. The number of carbonyl (C=O) groups excluding carboxylic acids is 1. The van der Waals surface area contributed by atoms with Crippen LogP contribution in [0.25, 0.3) is 28.0 Å². The third kappa shape index (κ3) is 3.84. The molecule has 0 aliphatic carbocycles. The number of hydrogen-bond acceptors (Lipinski definition) is 1. The van der Waals surface area contributed by atoms with E-state index in [4.69, 9.17) is 11.6 Å². The number of anilines is 1. The first-order valence-corrected chi connectivity index (χ1v) is 12.4. The molecule has 0 saturated carbocycles. The van der Waals surface area contributed by atoms with E-state index in [2.05, 4.69) is 63.8 Å². The lowest BCUT2D eigenvalue weighted by atomic mass is 9.98. The van der Waals surface area contributed by atoms with Crippen molar-refractivity contribution in [2.45, 2.75) is 32.7 Å². The summed E-state index contributed by atoms with van der Waals surface area (Å²) in [7, 11) is 0. The molecule has 5 aromatic rings. The number of imidazole rings is 1. The standard InChI is InChI=1S/C30H26ClN3O/c1-20-13-15-21(16-14-20)26-19-34-28(29(35)32-24-11-7-10-23(31)18-24)27(22-8-3-2-4-9-22)25-12-5-6-17-33(26)30(25)34/h2-4,7-11,13-16,18-19H,5-6,12,17H2,1H3,(H,32,35). The summed E-state index contributed by atoms with van der Waals surface area (Å²) in [6, 6.07) is 26.2. The summed E-state index contributed by atoms with van der Waals surface area (Å²) in [4.78, 5) is 13.9. The number of benzene rings is 3. The fraction of sp³-hybridized carbons (Fsp3) is 0.167. The fourth-order valence-electron chi connectivity index (χ4n) is 5.24. The van der Waals surface area contributed by atoms with Gasteiger partial charge in [-0.05, 0) is 55.5 Å². The Morgan fingerprint density at radius 2 is 1.71 bits per heavy atom. The van der Waals surface area contributed by atoms with Gasteiger partial charge in [0.25, 0.3) is 5.91 Å². The molecule has 6 rings (SSSR count). The second-order valence-electron chi connectivity index (χ2n) is 9.22. The maximum atomic E-state index is 13.9. The van der Waals surface area contributed by atoms with Crippen molar-refractivity contribution in [3.8, 4) is 22.4 Å². The van der Waals surface area contributed by atoms with Crippen molar-refractivity contribution >= 4 is 28.8 Å². The summed E-state index contributed by atoms with van der Waals surface area (Å²) in [5.41, 5.74) is 9.32. The molecule has 0 fully saturated rings. The number of hydrogen-bond donors (Lipinski definition) is 1. The first-order chi connectivity index (χ1) is 17.1. The minimum Gasteiger partial charge on any atom is -0.325 e. The first kappa shape index (κ1) is 21.8. The Morgan fingerprint density at radius 3 is 2.49 bits per heavy atom. The van der Waals surface area contributed by atoms with Crippen LogP contribution in [0.1, 0.15) is 34.5 Å². The Bertz CT molecular complexity index is 1540. The molecule has 3 heterocycles. The first-order valence-electron chi connectivity index (χ1n) is 12.1. The molecule has 0 atom stereocenters. The van der Waals surface area contributed by atoms with Gasteiger partial charge in [-0.2, -0.15) is 0 Å². The van der Waals surface area contributed by atoms with Crippen LogP contribution < -0.4 is 5.32 Å². The molecule has 3 aromatic carbocycles. The van der Waals surface area contributed by atoms with E-state index in [1.165, 1.54) is 11.1 Å². The molecule has 1 aliphatic heterocycles. The van der Waals surface area contributed by atoms with Crippen molar-refractivity contribution in [3.63, 3.8) is 0 Å². The third-order valence-electron chi connectivity index (χ3n) is 6.84. The van der Waals surface area contributed by atoms with Crippen LogP contribution in [0.3, 0.4) is 0 Å². The lowest BCUT2D eigenvalue weighted by Crippen LogP contribution is -2.15. The van der Waals surface area contributed by atoms with Crippen molar-refractivity contribution in [2.24, 2.45) is 0 Å². The monoisotopic (exact) mass is 479 g/mol. The minimum absolute atomic E-state index is 0.138. The number of carbonyl (C=O) groups is 1. The van der Waals surface area contributed by atoms with Gasteiger partial charge < -0.3 is 9.88 Å². The Labute approximate surface area is 209 Å². The zero-order valence-corrected chi connectivity index (χ0v) is 20.3. The van der Waals surface area contributed by atoms with Crippen LogP contribution in [0.15, 0.2) is 85.1 Å². The molecule has 0 spiro atoms. The molecule has 5 heteroatoms. The Morgan fingerprint density at radius 1 is 0.914 bits per heavy atom. The van der Waals surface area contributed by atoms with Gasteiger partial charge in [0.05, 0.1) is 5.69 Å². The largest absolute Gasteiger partial charge is 0.325 e. The van der Waals surface area contributed by atoms with Gasteiger partial charge in [-0.1, -0.05) is 77.8 Å². The lowest BCUT2D eigenvalue weighted by Gasteiger charge is -2.10. The van der Waals surface area contributed by atoms with Gasteiger partial charge in [-0.25, -0.2) is 0 Å². The van der Waals surface area contributed by atoms with Crippen LogP contribution in [0.5, 0.6) is 0 Å². The molecule has 0 unspecified atom stereocenters. The lowest BCUT2D eigenvalue weighted by molar-refractivity contribution is 0.102. The highest BCUT2D eigenvalue weighted by atomic mass is 35.5. The molecule has 1 amide bonds. The van der Waals surface area contributed by atoms with E-state index < -0.39 is 0 Å². The molecule has 1 aliphatic rings. The Kier molecular flexibility index (Phi) is 5.46. The second kappa shape index (κ2) is 8.79. The van der Waals surface area contributed by atoms with Crippen molar-refractivity contribution in [1.82, 2.24) is 8.97 Å². The van der Waals surface area contributed by atoms with Gasteiger partial charge in [0.1, 0.15) is 11.3 Å². The second-order valence-corrected chi connectivity index (χ2v) is 9.65. The number of halogens is 1. The highest BCUT2D eigenvalue weighted by molar-refractivity contribution is 6.31. The zero-order chi connectivity index (χ0) is 23.9. The number of aryl methyl sites for hydroxylation is 3. The molecule has 35 heavy (non-hydrogen) atoms. The van der Waals surface area contributed by atoms with Crippen molar-refractivity contribution in [1.29, 1.82) is 0 Å². The predicted octanol–water partition coefficient (Wildman–Crippen LogP) is 7.63. The fourth-order valence-corrected chi connectivity index (χ4v) is 5.43. The quantitative estimate of drug-likeness (QED) is 0.283. The third-order valence-corrected chi connectivity index (χ3v) is 7.08. The number of aromatic nitrogens is 2. The number of nitrogens with zero attached hydrogens (tertiary/aromatic N) is 2. The van der Waals surface area contributed by atoms with Crippen LogP contribution in [0, 0.1) is 6.92 Å². The molecular weight excluding hydrogens is 454 g/mol. The van der Waals surface area contributed by atoms with Gasteiger partial charge in [-0.3, -0.25) is 9.20 Å². The predicted molar refractivity (Wildman–Crippen MR) is 143 cm³/mol. The SMILES string of the molecule is Cc1ccc(-c2cn3c(C(=O)Nc4cccc(Cl)c4)c(-c4ccccc4)c4c3n2CCCC4)cc1. The molecule has 2 aromatic heterocycles. The van der Waals surface area contributed by atoms with E-state index in [1.54, 1.807) is 12.1 Å². The average Bonchev–Trinajstić information content (AvgIpc) is 3.28. The van der Waals surface area contributed by atoms with Crippen LogP contribution in [-0.2, 0) is 13.0 Å². The molecule has 0 bridgehead atoms. The molecular formula is C30H26ClN3O. The van der Waals surface area contributed by atoms with Crippen molar-refractivity contribution in [3.05, 3.63) is 107 Å². The summed E-state index contributed by atoms with van der Waals surface area (Å²) in [6.45, 7) is 3.03. The molecule has 1 N–H and O–H groups in total. The molecule has 0 radical (unpaired) electrons. The Hall–Kier alpha value is -3.76. The van der Waals surface area contributed by atoms with E-state index >= 15 is 0 Å². The smallest absolute Gasteiger partial charge is 0.273 e. The van der Waals surface area contributed by atoms with Gasteiger partial charge in [0, 0.05) is 34.6 Å². The number of rotatable bonds is 4. The summed E-state index contributed by atoms with van der Waals surface area (Å²) in [5, 5.41) is 3.69. The molecule has 0 saturated heterocycles. The van der Waals surface area contributed by atoms with Gasteiger partial charge in [0.15, 0.2) is 0 Å². The minimum atomic E-state index is -0.138. The Balaban J connectivity index is 1.60. The topological polar surface area (TPSA) is 38.4 Å². The van der Waals surface area contributed by atoms with E-state index in [0.717, 1.165) is 53.8 Å². The molecule has 174 valence electrons. The van der Waals surface area contributed by atoms with Crippen LogP contribution in [0.4, 0.5) is 5.69 Å². The number of nitrogens with one attached hydrogen (secondary N) is 1. The highest BCUT2D eigenvalue weighted by Crippen LogP contribution is 2.39. The molecule has 4 nitrogen and oxygen atoms in total. The summed E-state index contributed by atoms with van der Waals surface area (Å²) < 4.78 is 4.51. The highest BCUT2D eigenvalue weighted by Gasteiger charge is 2.29. The van der Waals surface area contributed by atoms with E-state index in [0.29, 0.717) is 16.4 Å². The zero-order valence-electron chi connectivity index (χ0n) is 19.6. The van der Waals surface area contributed by atoms with Crippen LogP contribution in [0.2, 0.25) is 5.02 Å². The average molecular weight is 480 g/mol. The van der Waals surface area contributed by atoms with Gasteiger partial charge in [-0.15, -0.1) is 0 Å². The van der Waals surface area contributed by atoms with E-state index in [-0.39, 0.29) is 5.91 Å². The van der Waals surface area contributed by atoms with Crippen LogP contribution >= 0.6 is 11.6 Å². The normalized spacial score (nSPS) is 13.1. The van der Waals surface area contributed by atoms with Gasteiger partial charge in [0.2, 0.25) is 0 Å². The van der Waals surface area contributed by atoms with E-state index in [9.17, 15) is 4.79 Å². The van der Waals surface area contributed by atoms with E-state index in [1.807, 2.05) is 30.3 Å². The van der Waals surface area contributed by atoms with Crippen molar-refractivity contribution < 1.29 is 4.79 Å². The number of amides is 1.